The first kappa shape index (κ1) is 22.7. The second-order valence-corrected chi connectivity index (χ2v) is 9.30. The minimum absolute atomic E-state index is 0.0668. The van der Waals surface area contributed by atoms with Crippen LogP contribution in [0.5, 0.6) is 0 Å². The number of aryl methyl sites for hydroxylation is 3. The first-order valence-electron chi connectivity index (χ1n) is 10.4. The van der Waals surface area contributed by atoms with Crippen molar-refractivity contribution in [2.45, 2.75) is 27.3 Å². The molecule has 1 amide bonds. The Bertz CT molecular complexity index is 1530. The van der Waals surface area contributed by atoms with E-state index in [-0.39, 0.29) is 12.5 Å². The van der Waals surface area contributed by atoms with Crippen LogP contribution in [0.25, 0.3) is 15.9 Å². The van der Waals surface area contributed by atoms with E-state index in [1.807, 2.05) is 19.9 Å². The van der Waals surface area contributed by atoms with Crippen LogP contribution in [0.1, 0.15) is 31.9 Å². The number of fused-ring (bicyclic) bond motifs is 1. The number of carbonyl (C=O) groups excluding carboxylic acids is 1. The van der Waals surface area contributed by atoms with Crippen LogP contribution in [0, 0.1) is 26.6 Å². The Morgan fingerprint density at radius 3 is 2.36 bits per heavy atom. The molecule has 170 valence electrons. The number of benzene rings is 2. The van der Waals surface area contributed by atoms with Crippen LogP contribution in [0.2, 0.25) is 0 Å². The summed E-state index contributed by atoms with van der Waals surface area (Å²) in [6.07, 6.45) is 0. The van der Waals surface area contributed by atoms with Crippen molar-refractivity contribution in [3.63, 3.8) is 0 Å². The van der Waals surface area contributed by atoms with E-state index in [0.29, 0.717) is 31.9 Å². The number of hydrogen-bond donors (Lipinski definition) is 0. The second kappa shape index (κ2) is 8.44. The largest absolute Gasteiger partial charge is 0.344 e. The van der Waals surface area contributed by atoms with Gasteiger partial charge in [0.15, 0.2) is 0 Å². The summed E-state index contributed by atoms with van der Waals surface area (Å²) in [7, 11) is 3.26. The van der Waals surface area contributed by atoms with Gasteiger partial charge in [-0.25, -0.2) is 13.8 Å². The van der Waals surface area contributed by atoms with E-state index >= 15 is 0 Å². The summed E-state index contributed by atoms with van der Waals surface area (Å²) in [6, 6.07) is 11.6. The molecule has 0 unspecified atom stereocenters. The summed E-state index contributed by atoms with van der Waals surface area (Å²) in [5.74, 6) is -0.699. The summed E-state index contributed by atoms with van der Waals surface area (Å²) in [5.41, 5.74) is 2.16. The first-order valence-corrected chi connectivity index (χ1v) is 11.2. The zero-order valence-corrected chi connectivity index (χ0v) is 19.9. The lowest BCUT2D eigenvalue weighted by Crippen LogP contribution is -2.39. The van der Waals surface area contributed by atoms with Crippen LogP contribution < -0.4 is 11.2 Å². The highest BCUT2D eigenvalue weighted by molar-refractivity contribution is 7.20. The van der Waals surface area contributed by atoms with Crippen molar-refractivity contribution in [3.8, 4) is 5.69 Å². The third-order valence-corrected chi connectivity index (χ3v) is 7.15. The number of thiophene rings is 1. The molecule has 0 N–H and O–H groups in total. The van der Waals surface area contributed by atoms with Crippen LogP contribution in [-0.4, -0.2) is 34.0 Å². The number of nitrogens with zero attached hydrogens (tertiary/aromatic N) is 3. The van der Waals surface area contributed by atoms with E-state index in [9.17, 15) is 18.8 Å². The highest BCUT2D eigenvalue weighted by Crippen LogP contribution is 2.29. The van der Waals surface area contributed by atoms with Gasteiger partial charge in [0.05, 0.1) is 22.5 Å². The molecule has 0 atom stereocenters. The molecule has 0 aliphatic heterocycles. The topological polar surface area (TPSA) is 64.3 Å². The smallest absolute Gasteiger partial charge is 0.337 e. The highest BCUT2D eigenvalue weighted by atomic mass is 32.1. The Hall–Kier alpha value is -3.52. The fraction of sp³-hybridized carbons (Fsp3) is 0.240. The van der Waals surface area contributed by atoms with Crippen LogP contribution in [0.4, 0.5) is 4.39 Å². The van der Waals surface area contributed by atoms with Crippen molar-refractivity contribution >= 4 is 27.5 Å². The van der Waals surface area contributed by atoms with Gasteiger partial charge in [0.2, 0.25) is 0 Å². The summed E-state index contributed by atoms with van der Waals surface area (Å²) in [4.78, 5) is 42.2. The summed E-state index contributed by atoms with van der Waals surface area (Å²) in [5, 5.41) is 0.291. The Morgan fingerprint density at radius 2 is 1.73 bits per heavy atom. The number of halogens is 1. The van der Waals surface area contributed by atoms with Crippen molar-refractivity contribution in [3.05, 3.63) is 96.3 Å². The molecule has 0 aliphatic carbocycles. The maximum atomic E-state index is 14.5. The molecule has 2 heterocycles. The van der Waals surface area contributed by atoms with Crippen LogP contribution in [0.15, 0.2) is 52.1 Å². The fourth-order valence-corrected chi connectivity index (χ4v) is 5.10. The van der Waals surface area contributed by atoms with Gasteiger partial charge in [-0.15, -0.1) is 11.3 Å². The maximum Gasteiger partial charge on any atom is 0.337 e. The van der Waals surface area contributed by atoms with E-state index in [1.165, 1.54) is 15.5 Å². The molecule has 4 aromatic rings. The molecule has 2 aromatic heterocycles. The molecule has 4 rings (SSSR count). The quantitative estimate of drug-likeness (QED) is 0.457. The van der Waals surface area contributed by atoms with Crippen molar-refractivity contribution in [1.82, 2.24) is 14.0 Å². The number of amides is 1. The summed E-state index contributed by atoms with van der Waals surface area (Å²) in [6.45, 7) is 5.50. The van der Waals surface area contributed by atoms with E-state index in [2.05, 4.69) is 0 Å². The van der Waals surface area contributed by atoms with E-state index < -0.39 is 17.1 Å². The molecule has 0 fully saturated rings. The average molecular weight is 466 g/mol. The van der Waals surface area contributed by atoms with Gasteiger partial charge < -0.3 is 4.90 Å². The predicted octanol–water partition coefficient (Wildman–Crippen LogP) is 4.03. The minimum atomic E-state index is -0.580. The van der Waals surface area contributed by atoms with E-state index in [4.69, 9.17) is 0 Å². The number of aromatic nitrogens is 2. The summed E-state index contributed by atoms with van der Waals surface area (Å²) < 4.78 is 17.0. The molecule has 2 aromatic carbocycles. The van der Waals surface area contributed by atoms with Gasteiger partial charge in [-0.05, 0) is 55.7 Å². The molecule has 0 spiro atoms. The normalized spacial score (nSPS) is 11.2. The predicted molar refractivity (Wildman–Crippen MR) is 129 cm³/mol. The van der Waals surface area contributed by atoms with Crippen molar-refractivity contribution in [1.29, 1.82) is 0 Å². The number of carbonyl (C=O) groups is 1. The van der Waals surface area contributed by atoms with Crippen LogP contribution in [0.3, 0.4) is 0 Å². The second-order valence-electron chi connectivity index (χ2n) is 8.31. The molecule has 0 saturated heterocycles. The zero-order valence-electron chi connectivity index (χ0n) is 19.1. The molecule has 0 saturated carbocycles. The molecular formula is C25H24FN3O3S. The van der Waals surface area contributed by atoms with Gasteiger partial charge in [-0.3, -0.25) is 14.2 Å². The lowest BCUT2D eigenvalue weighted by Gasteiger charge is -2.14. The van der Waals surface area contributed by atoms with Crippen LogP contribution in [-0.2, 0) is 6.54 Å². The number of rotatable bonds is 4. The van der Waals surface area contributed by atoms with E-state index in [0.717, 1.165) is 27.0 Å². The highest BCUT2D eigenvalue weighted by Gasteiger charge is 2.25. The molecule has 8 heteroatoms. The molecule has 33 heavy (non-hydrogen) atoms. The third-order valence-electron chi connectivity index (χ3n) is 5.85. The Kier molecular flexibility index (Phi) is 5.80. The first-order chi connectivity index (χ1) is 15.6. The molecule has 0 bridgehead atoms. The minimum Gasteiger partial charge on any atom is -0.344 e. The van der Waals surface area contributed by atoms with Crippen molar-refractivity contribution < 1.29 is 9.18 Å². The third kappa shape index (κ3) is 3.80. The van der Waals surface area contributed by atoms with Gasteiger partial charge in [0.1, 0.15) is 10.6 Å². The van der Waals surface area contributed by atoms with Gasteiger partial charge in [0.25, 0.3) is 11.5 Å². The van der Waals surface area contributed by atoms with Gasteiger partial charge in [0, 0.05) is 19.7 Å². The van der Waals surface area contributed by atoms with Gasteiger partial charge >= 0.3 is 5.69 Å². The number of hydrogen-bond acceptors (Lipinski definition) is 4. The average Bonchev–Trinajstić information content (AvgIpc) is 3.11. The SMILES string of the molecule is Cc1ccc(-n2c(=O)c3c(C)c(C(=O)N(C)C)sc3n(Cc3ccccc3F)c2=O)cc1C. The Labute approximate surface area is 194 Å². The molecule has 0 aliphatic rings. The lowest BCUT2D eigenvalue weighted by molar-refractivity contribution is 0.0831. The van der Waals surface area contributed by atoms with Crippen molar-refractivity contribution in [2.75, 3.05) is 14.1 Å². The molecular weight excluding hydrogens is 441 g/mol. The van der Waals surface area contributed by atoms with Gasteiger partial charge in [-0.2, -0.15) is 0 Å². The standard InChI is InChI=1S/C25H24FN3O3S/c1-14-10-11-18(12-15(14)2)29-22(30)20-16(3)21(23(31)27(4)5)33-24(20)28(25(29)32)13-17-8-6-7-9-19(17)26/h6-12H,13H2,1-5H3. The van der Waals surface area contributed by atoms with E-state index in [1.54, 1.807) is 51.4 Å². The molecule has 0 radical (unpaired) electrons. The van der Waals surface area contributed by atoms with Crippen LogP contribution >= 0.6 is 11.3 Å². The van der Waals surface area contributed by atoms with Crippen molar-refractivity contribution in [2.24, 2.45) is 0 Å². The Morgan fingerprint density at radius 1 is 1.03 bits per heavy atom. The van der Waals surface area contributed by atoms with Gasteiger partial charge in [-0.1, -0.05) is 24.3 Å². The monoisotopic (exact) mass is 465 g/mol. The molecule has 6 nitrogen and oxygen atoms in total. The Balaban J connectivity index is 2.11. The summed E-state index contributed by atoms with van der Waals surface area (Å²) >= 11 is 1.09. The fourth-order valence-electron chi connectivity index (χ4n) is 3.78. The maximum absolute atomic E-state index is 14.5. The lowest BCUT2D eigenvalue weighted by atomic mass is 10.1. The zero-order chi connectivity index (χ0) is 24.0.